The Bertz CT molecular complexity index is 410. The first-order valence-corrected chi connectivity index (χ1v) is 6.61. The van der Waals surface area contributed by atoms with Crippen LogP contribution in [0.2, 0.25) is 5.02 Å². The van der Waals surface area contributed by atoms with E-state index in [-0.39, 0.29) is 10.8 Å². The molecule has 6 heteroatoms. The lowest BCUT2D eigenvalue weighted by atomic mass is 10.1. The molecule has 1 aromatic carbocycles. The Morgan fingerprint density at radius 1 is 1.32 bits per heavy atom. The van der Waals surface area contributed by atoms with Crippen LogP contribution in [0.1, 0.15) is 19.3 Å². The van der Waals surface area contributed by atoms with Crippen molar-refractivity contribution in [2.45, 2.75) is 31.9 Å². The van der Waals surface area contributed by atoms with E-state index < -0.39 is 6.61 Å². The van der Waals surface area contributed by atoms with E-state index in [0.29, 0.717) is 6.04 Å². The summed E-state index contributed by atoms with van der Waals surface area (Å²) in [4.78, 5) is 0. The summed E-state index contributed by atoms with van der Waals surface area (Å²) in [5.74, 6) is -0.00795. The highest BCUT2D eigenvalue weighted by Gasteiger charge is 2.14. The first-order chi connectivity index (χ1) is 9.15. The van der Waals surface area contributed by atoms with Crippen LogP contribution in [0.15, 0.2) is 18.2 Å². The molecule has 0 aliphatic carbocycles. The third kappa shape index (κ3) is 4.51. The van der Waals surface area contributed by atoms with E-state index >= 15 is 0 Å². The highest BCUT2D eigenvalue weighted by molar-refractivity contribution is 6.32. The predicted octanol–water partition coefficient (Wildman–Crippen LogP) is 3.92. The summed E-state index contributed by atoms with van der Waals surface area (Å²) in [6.07, 6.45) is 2.96. The number of ether oxygens (including phenoxy) is 2. The van der Waals surface area contributed by atoms with Gasteiger partial charge in [0, 0.05) is 24.9 Å². The molecule has 1 atom stereocenters. The molecule has 0 aromatic heterocycles. The van der Waals surface area contributed by atoms with E-state index in [2.05, 4.69) is 10.1 Å². The second kappa shape index (κ2) is 6.91. The van der Waals surface area contributed by atoms with Crippen molar-refractivity contribution in [3.8, 4) is 5.75 Å². The summed E-state index contributed by atoms with van der Waals surface area (Å²) in [5, 5.41) is 3.51. The van der Waals surface area contributed by atoms with Crippen LogP contribution >= 0.6 is 11.6 Å². The zero-order valence-electron chi connectivity index (χ0n) is 10.4. The number of benzene rings is 1. The molecule has 1 heterocycles. The molecule has 0 bridgehead atoms. The van der Waals surface area contributed by atoms with E-state index in [1.54, 1.807) is 12.1 Å². The minimum absolute atomic E-state index is 0.00795. The van der Waals surface area contributed by atoms with Gasteiger partial charge in [-0.1, -0.05) is 11.6 Å². The number of rotatable bonds is 4. The third-order valence-electron chi connectivity index (χ3n) is 2.97. The van der Waals surface area contributed by atoms with E-state index in [9.17, 15) is 8.78 Å². The first-order valence-electron chi connectivity index (χ1n) is 6.24. The molecular weight excluding hydrogens is 276 g/mol. The number of nitrogens with one attached hydrogen (secondary N) is 1. The molecule has 1 aromatic rings. The van der Waals surface area contributed by atoms with Gasteiger partial charge in [-0.2, -0.15) is 8.78 Å². The normalized spacial score (nSPS) is 20.1. The molecule has 3 nitrogen and oxygen atoms in total. The molecule has 1 N–H and O–H groups in total. The van der Waals surface area contributed by atoms with E-state index in [1.165, 1.54) is 6.07 Å². The minimum atomic E-state index is -2.87. The molecule has 1 fully saturated rings. The second-order valence-corrected chi connectivity index (χ2v) is 4.82. The zero-order valence-corrected chi connectivity index (χ0v) is 11.1. The largest absolute Gasteiger partial charge is 0.433 e. The van der Waals surface area contributed by atoms with Crippen LogP contribution in [0, 0.1) is 0 Å². The van der Waals surface area contributed by atoms with Gasteiger partial charge in [0.05, 0.1) is 5.02 Å². The molecule has 0 radical (unpaired) electrons. The molecule has 19 heavy (non-hydrogen) atoms. The van der Waals surface area contributed by atoms with Gasteiger partial charge in [0.25, 0.3) is 0 Å². The Balaban J connectivity index is 1.98. The molecule has 1 aliphatic rings. The average molecular weight is 292 g/mol. The lowest BCUT2D eigenvalue weighted by Crippen LogP contribution is -2.19. The number of halogens is 3. The Morgan fingerprint density at radius 2 is 2.16 bits per heavy atom. The van der Waals surface area contributed by atoms with Crippen molar-refractivity contribution >= 4 is 17.3 Å². The second-order valence-electron chi connectivity index (χ2n) is 4.41. The lowest BCUT2D eigenvalue weighted by Gasteiger charge is -2.17. The number of alkyl halides is 2. The quantitative estimate of drug-likeness (QED) is 0.912. The monoisotopic (exact) mass is 291 g/mol. The molecule has 1 aliphatic heterocycles. The van der Waals surface area contributed by atoms with Crippen molar-refractivity contribution in [2.75, 3.05) is 18.5 Å². The molecule has 1 saturated heterocycles. The van der Waals surface area contributed by atoms with Crippen molar-refractivity contribution < 1.29 is 18.3 Å². The Hall–Kier alpha value is -1.07. The lowest BCUT2D eigenvalue weighted by molar-refractivity contribution is -0.0497. The van der Waals surface area contributed by atoms with Gasteiger partial charge in [0.2, 0.25) is 0 Å². The van der Waals surface area contributed by atoms with Gasteiger partial charge in [-0.05, 0) is 37.5 Å². The van der Waals surface area contributed by atoms with Crippen LogP contribution in [0.3, 0.4) is 0 Å². The maximum absolute atomic E-state index is 12.1. The summed E-state index contributed by atoms with van der Waals surface area (Å²) in [6, 6.07) is 5.06. The predicted molar refractivity (Wildman–Crippen MR) is 70.2 cm³/mol. The summed E-state index contributed by atoms with van der Waals surface area (Å²) >= 11 is 5.90. The Kier molecular flexibility index (Phi) is 5.22. The number of hydrogen-bond acceptors (Lipinski definition) is 3. The highest BCUT2D eigenvalue weighted by Crippen LogP contribution is 2.29. The molecule has 106 valence electrons. The summed E-state index contributed by atoms with van der Waals surface area (Å²) in [6.45, 7) is -1.34. The van der Waals surface area contributed by atoms with Crippen LogP contribution in [-0.4, -0.2) is 25.9 Å². The van der Waals surface area contributed by atoms with E-state index in [1.807, 2.05) is 0 Å². The SMILES string of the molecule is FC(F)Oc1ccc(NC2CCCOCC2)cc1Cl. The van der Waals surface area contributed by atoms with Crippen molar-refractivity contribution in [3.05, 3.63) is 23.2 Å². The van der Waals surface area contributed by atoms with Gasteiger partial charge < -0.3 is 14.8 Å². The zero-order chi connectivity index (χ0) is 13.7. The standard InChI is InChI=1S/C13H16ClF2NO2/c14-11-8-10(3-4-12(11)19-13(15)16)17-9-2-1-6-18-7-5-9/h3-4,8-9,13,17H,1-2,5-7H2. The van der Waals surface area contributed by atoms with Gasteiger partial charge in [-0.15, -0.1) is 0 Å². The minimum Gasteiger partial charge on any atom is -0.433 e. The fourth-order valence-electron chi connectivity index (χ4n) is 2.07. The van der Waals surface area contributed by atoms with Gasteiger partial charge in [0.1, 0.15) is 5.75 Å². The Labute approximate surface area is 115 Å². The van der Waals surface area contributed by atoms with Crippen LogP contribution in [0.5, 0.6) is 5.75 Å². The maximum atomic E-state index is 12.1. The van der Waals surface area contributed by atoms with Crippen LogP contribution in [0.4, 0.5) is 14.5 Å². The van der Waals surface area contributed by atoms with Crippen molar-refractivity contribution in [1.29, 1.82) is 0 Å². The molecular formula is C13H16ClF2NO2. The van der Waals surface area contributed by atoms with Crippen LogP contribution in [0.25, 0.3) is 0 Å². The van der Waals surface area contributed by atoms with Crippen molar-refractivity contribution in [2.24, 2.45) is 0 Å². The van der Waals surface area contributed by atoms with Gasteiger partial charge in [0.15, 0.2) is 0 Å². The molecule has 0 amide bonds. The summed E-state index contributed by atoms with van der Waals surface area (Å²) in [7, 11) is 0. The van der Waals surface area contributed by atoms with E-state index in [0.717, 1.165) is 38.2 Å². The van der Waals surface area contributed by atoms with Crippen molar-refractivity contribution in [1.82, 2.24) is 0 Å². The smallest absolute Gasteiger partial charge is 0.387 e. The van der Waals surface area contributed by atoms with Gasteiger partial charge in [-0.3, -0.25) is 0 Å². The molecule has 0 spiro atoms. The first kappa shape index (κ1) is 14.3. The topological polar surface area (TPSA) is 30.5 Å². The van der Waals surface area contributed by atoms with Crippen molar-refractivity contribution in [3.63, 3.8) is 0 Å². The number of hydrogen-bond donors (Lipinski definition) is 1. The fourth-order valence-corrected chi connectivity index (χ4v) is 2.29. The molecule has 1 unspecified atom stereocenters. The molecule has 0 saturated carbocycles. The average Bonchev–Trinajstić information content (AvgIpc) is 2.61. The Morgan fingerprint density at radius 3 is 2.89 bits per heavy atom. The third-order valence-corrected chi connectivity index (χ3v) is 3.27. The highest BCUT2D eigenvalue weighted by atomic mass is 35.5. The van der Waals surface area contributed by atoms with E-state index in [4.69, 9.17) is 16.3 Å². The van der Waals surface area contributed by atoms with Crippen LogP contribution in [-0.2, 0) is 4.74 Å². The summed E-state index contributed by atoms with van der Waals surface area (Å²) in [5.41, 5.74) is 0.804. The van der Waals surface area contributed by atoms with Crippen LogP contribution < -0.4 is 10.1 Å². The number of anilines is 1. The summed E-state index contributed by atoms with van der Waals surface area (Å²) < 4.78 is 33.9. The molecule has 2 rings (SSSR count). The fraction of sp³-hybridized carbons (Fsp3) is 0.538. The van der Waals surface area contributed by atoms with Gasteiger partial charge in [-0.25, -0.2) is 0 Å². The maximum Gasteiger partial charge on any atom is 0.387 e. The van der Waals surface area contributed by atoms with Gasteiger partial charge >= 0.3 is 6.61 Å².